The van der Waals surface area contributed by atoms with Crippen molar-refractivity contribution in [2.24, 2.45) is 0 Å². The standard InChI is InChI=1S/C21H19F2N3O2/c22-16-7-3-14(4-8-16)18-2-1-13-26(18)20(27)12-11-19-24-21(25-28-19)15-5-9-17(23)10-6-15/h3-10,18H,1-2,11-13H2. The maximum absolute atomic E-state index is 13.2. The summed E-state index contributed by atoms with van der Waals surface area (Å²) in [7, 11) is 0. The van der Waals surface area contributed by atoms with Crippen LogP contribution in [0.4, 0.5) is 8.78 Å². The van der Waals surface area contributed by atoms with Crippen LogP contribution >= 0.6 is 0 Å². The highest BCUT2D eigenvalue weighted by molar-refractivity contribution is 5.77. The number of aromatic nitrogens is 2. The van der Waals surface area contributed by atoms with E-state index in [-0.39, 0.29) is 30.0 Å². The van der Waals surface area contributed by atoms with E-state index in [0.29, 0.717) is 30.2 Å². The Balaban J connectivity index is 1.39. The predicted octanol–water partition coefficient (Wildman–Crippen LogP) is 4.31. The van der Waals surface area contributed by atoms with Crippen LogP contribution in [0.1, 0.15) is 36.8 Å². The van der Waals surface area contributed by atoms with E-state index >= 15 is 0 Å². The molecule has 7 heteroatoms. The van der Waals surface area contributed by atoms with E-state index in [1.165, 1.54) is 24.3 Å². The zero-order valence-electron chi connectivity index (χ0n) is 15.1. The fraction of sp³-hybridized carbons (Fsp3) is 0.286. The molecular weight excluding hydrogens is 364 g/mol. The molecule has 28 heavy (non-hydrogen) atoms. The van der Waals surface area contributed by atoms with Gasteiger partial charge in [0.2, 0.25) is 17.6 Å². The molecular formula is C21H19F2N3O2. The van der Waals surface area contributed by atoms with E-state index < -0.39 is 0 Å². The summed E-state index contributed by atoms with van der Waals surface area (Å²) in [6.45, 7) is 0.686. The van der Waals surface area contributed by atoms with E-state index in [0.717, 1.165) is 18.4 Å². The quantitative estimate of drug-likeness (QED) is 0.659. The van der Waals surface area contributed by atoms with Gasteiger partial charge >= 0.3 is 0 Å². The first-order valence-corrected chi connectivity index (χ1v) is 9.23. The van der Waals surface area contributed by atoms with Crippen LogP contribution in [0, 0.1) is 11.6 Å². The number of amides is 1. The van der Waals surface area contributed by atoms with E-state index in [9.17, 15) is 13.6 Å². The summed E-state index contributed by atoms with van der Waals surface area (Å²) in [5.74, 6) is 0.124. The number of hydrogen-bond acceptors (Lipinski definition) is 4. The summed E-state index contributed by atoms with van der Waals surface area (Å²) >= 11 is 0. The van der Waals surface area contributed by atoms with Gasteiger partial charge in [-0.15, -0.1) is 0 Å². The monoisotopic (exact) mass is 383 g/mol. The van der Waals surface area contributed by atoms with Gasteiger partial charge in [-0.2, -0.15) is 4.98 Å². The second-order valence-corrected chi connectivity index (χ2v) is 6.82. The molecule has 0 spiro atoms. The summed E-state index contributed by atoms with van der Waals surface area (Å²) < 4.78 is 31.4. The molecule has 0 saturated carbocycles. The first-order chi connectivity index (χ1) is 13.6. The maximum atomic E-state index is 13.2. The summed E-state index contributed by atoms with van der Waals surface area (Å²) in [6.07, 6.45) is 2.37. The minimum atomic E-state index is -0.334. The van der Waals surface area contributed by atoms with Crippen LogP contribution < -0.4 is 0 Å². The summed E-state index contributed by atoms with van der Waals surface area (Å²) in [4.78, 5) is 18.8. The lowest BCUT2D eigenvalue weighted by atomic mass is 10.0. The molecule has 1 aliphatic rings. The number of aryl methyl sites for hydroxylation is 1. The smallest absolute Gasteiger partial charge is 0.227 e. The molecule has 1 unspecified atom stereocenters. The second kappa shape index (κ2) is 7.88. The Morgan fingerprint density at radius 1 is 1.07 bits per heavy atom. The molecule has 1 saturated heterocycles. The number of carbonyl (C=O) groups is 1. The Hall–Kier alpha value is -3.09. The molecule has 0 N–H and O–H groups in total. The van der Waals surface area contributed by atoms with Crippen LogP contribution in [0.25, 0.3) is 11.4 Å². The van der Waals surface area contributed by atoms with Gasteiger partial charge in [-0.25, -0.2) is 8.78 Å². The molecule has 0 aliphatic carbocycles. The lowest BCUT2D eigenvalue weighted by molar-refractivity contribution is -0.132. The van der Waals surface area contributed by atoms with Gasteiger partial charge in [0.15, 0.2) is 0 Å². The van der Waals surface area contributed by atoms with Crippen molar-refractivity contribution >= 4 is 5.91 Å². The van der Waals surface area contributed by atoms with Gasteiger partial charge in [0, 0.05) is 24.9 Å². The first kappa shape index (κ1) is 18.3. The molecule has 5 nitrogen and oxygen atoms in total. The molecule has 1 atom stereocenters. The molecule has 1 fully saturated rings. The van der Waals surface area contributed by atoms with Crippen LogP contribution in [0.2, 0.25) is 0 Å². The van der Waals surface area contributed by atoms with Crippen molar-refractivity contribution in [2.45, 2.75) is 31.7 Å². The third kappa shape index (κ3) is 3.93. The Labute approximate surface area is 161 Å². The molecule has 3 aromatic rings. The van der Waals surface area contributed by atoms with Gasteiger partial charge in [0.25, 0.3) is 0 Å². The van der Waals surface area contributed by atoms with Crippen molar-refractivity contribution in [3.05, 3.63) is 71.6 Å². The Morgan fingerprint density at radius 2 is 1.75 bits per heavy atom. The summed E-state index contributed by atoms with van der Waals surface area (Å²) in [6, 6.07) is 12.1. The fourth-order valence-corrected chi connectivity index (χ4v) is 3.53. The highest BCUT2D eigenvalue weighted by Crippen LogP contribution is 2.32. The number of halogens is 2. The number of hydrogen-bond donors (Lipinski definition) is 0. The SMILES string of the molecule is O=C(CCc1nc(-c2ccc(F)cc2)no1)N1CCCC1c1ccc(F)cc1. The van der Waals surface area contributed by atoms with Gasteiger partial charge in [0.05, 0.1) is 6.04 Å². The van der Waals surface area contributed by atoms with E-state index in [2.05, 4.69) is 10.1 Å². The van der Waals surface area contributed by atoms with E-state index in [4.69, 9.17) is 4.52 Å². The first-order valence-electron chi connectivity index (χ1n) is 9.23. The highest BCUT2D eigenvalue weighted by Gasteiger charge is 2.29. The largest absolute Gasteiger partial charge is 0.339 e. The van der Waals surface area contributed by atoms with Crippen molar-refractivity contribution in [1.29, 1.82) is 0 Å². The Bertz CT molecular complexity index is 955. The van der Waals surface area contributed by atoms with Crippen LogP contribution in [0.3, 0.4) is 0 Å². The average molecular weight is 383 g/mol. The van der Waals surface area contributed by atoms with Crippen molar-refractivity contribution < 1.29 is 18.1 Å². The molecule has 4 rings (SSSR count). The minimum absolute atomic E-state index is 0.00774. The third-order valence-electron chi connectivity index (χ3n) is 4.95. The maximum Gasteiger partial charge on any atom is 0.227 e. The predicted molar refractivity (Wildman–Crippen MR) is 98.1 cm³/mol. The molecule has 1 aliphatic heterocycles. The number of nitrogens with zero attached hydrogens (tertiary/aromatic N) is 3. The molecule has 1 aromatic heterocycles. The van der Waals surface area contributed by atoms with Crippen LogP contribution in [0.15, 0.2) is 53.1 Å². The Morgan fingerprint density at radius 3 is 2.46 bits per heavy atom. The second-order valence-electron chi connectivity index (χ2n) is 6.82. The molecule has 0 bridgehead atoms. The summed E-state index contributed by atoms with van der Waals surface area (Å²) in [5.41, 5.74) is 1.60. The van der Waals surface area contributed by atoms with Crippen molar-refractivity contribution in [3.8, 4) is 11.4 Å². The highest BCUT2D eigenvalue weighted by atomic mass is 19.1. The minimum Gasteiger partial charge on any atom is -0.339 e. The van der Waals surface area contributed by atoms with Gasteiger partial charge in [-0.3, -0.25) is 4.79 Å². The molecule has 1 amide bonds. The van der Waals surface area contributed by atoms with Crippen molar-refractivity contribution in [3.63, 3.8) is 0 Å². The fourth-order valence-electron chi connectivity index (χ4n) is 3.53. The van der Waals surface area contributed by atoms with E-state index in [1.807, 2.05) is 4.90 Å². The zero-order chi connectivity index (χ0) is 19.5. The normalized spacial score (nSPS) is 16.5. The molecule has 2 aromatic carbocycles. The number of likely N-dealkylation sites (tertiary alicyclic amines) is 1. The molecule has 2 heterocycles. The number of carbonyl (C=O) groups excluding carboxylic acids is 1. The van der Waals surface area contributed by atoms with Crippen LogP contribution in [-0.2, 0) is 11.2 Å². The van der Waals surface area contributed by atoms with Crippen LogP contribution in [0.5, 0.6) is 0 Å². The lowest BCUT2D eigenvalue weighted by Crippen LogP contribution is -2.30. The van der Waals surface area contributed by atoms with Gasteiger partial charge in [0.1, 0.15) is 11.6 Å². The van der Waals surface area contributed by atoms with Crippen LogP contribution in [-0.4, -0.2) is 27.5 Å². The van der Waals surface area contributed by atoms with Gasteiger partial charge < -0.3 is 9.42 Å². The van der Waals surface area contributed by atoms with E-state index in [1.54, 1.807) is 24.3 Å². The molecule has 144 valence electrons. The average Bonchev–Trinajstić information content (AvgIpc) is 3.37. The van der Waals surface area contributed by atoms with Crippen molar-refractivity contribution in [1.82, 2.24) is 15.0 Å². The molecule has 0 radical (unpaired) electrons. The zero-order valence-corrected chi connectivity index (χ0v) is 15.1. The van der Waals surface area contributed by atoms with Gasteiger partial charge in [-0.05, 0) is 54.8 Å². The number of benzene rings is 2. The topological polar surface area (TPSA) is 59.2 Å². The Kier molecular flexibility index (Phi) is 5.14. The lowest BCUT2D eigenvalue weighted by Gasteiger charge is -2.25. The summed E-state index contributed by atoms with van der Waals surface area (Å²) in [5, 5.41) is 3.89. The third-order valence-corrected chi connectivity index (χ3v) is 4.95. The number of rotatable bonds is 5. The van der Waals surface area contributed by atoms with Crippen molar-refractivity contribution in [2.75, 3.05) is 6.54 Å². The van der Waals surface area contributed by atoms with Gasteiger partial charge in [-0.1, -0.05) is 17.3 Å².